The van der Waals surface area contributed by atoms with Crippen LogP contribution >= 0.6 is 12.6 Å². The molecule has 6 amide bonds. The van der Waals surface area contributed by atoms with Crippen LogP contribution in [0, 0.1) is 0 Å². The number of nitrogen functional groups attached to an aromatic ring is 1. The van der Waals surface area contributed by atoms with E-state index in [1.54, 1.807) is 0 Å². The van der Waals surface area contributed by atoms with Crippen LogP contribution in [0.25, 0.3) is 11.2 Å². The summed E-state index contributed by atoms with van der Waals surface area (Å²) in [6, 6.07) is -6.00. The number of carbonyl (C=O) groups is 11. The van der Waals surface area contributed by atoms with Crippen LogP contribution in [0.3, 0.4) is 0 Å². The van der Waals surface area contributed by atoms with Gasteiger partial charge in [0.25, 0.3) is 11.5 Å². The summed E-state index contributed by atoms with van der Waals surface area (Å²) in [7, 11) is 0. The number of aromatic amines is 1. The third-order valence-electron chi connectivity index (χ3n) is 9.25. The van der Waals surface area contributed by atoms with Crippen molar-refractivity contribution in [2.75, 3.05) is 23.3 Å². The molecule has 0 radical (unpaired) electrons. The Bertz CT molecular complexity index is 2580. The zero-order valence-electron chi connectivity index (χ0n) is 35.6. The number of nitrogens with zero attached hydrogens (tertiary/aromatic N) is 3. The predicted octanol–water partition coefficient (Wildman–Crippen LogP) is -5.14. The number of H-pyrrole nitrogens is 1. The molecule has 0 bridgehead atoms. The van der Waals surface area contributed by atoms with Crippen LogP contribution in [0.4, 0.5) is 11.6 Å². The fraction of sp³-hybridized carbons (Fsp3) is 0.342. The molecule has 370 valence electrons. The van der Waals surface area contributed by atoms with Gasteiger partial charge in [0.2, 0.25) is 35.5 Å². The van der Waals surface area contributed by atoms with Gasteiger partial charge < -0.3 is 74.2 Å². The SMILES string of the molecule is C=C(C(=O)O)[C@H](NC(=O)[C@H](CC(=O)O)NC(=O)CC[C@H](NC(=O)c1ccc(NCc2cnc3nc(N)[nH]c(=O)c3n2)cc1)C(=O)O)C(=O)N[C@@H](CC(=O)O)C(=O)N[C@@H](CN)C(=O)N[C@@H](CS)C(=O)O. The number of nitrogens with two attached hydrogens (primary N) is 2. The Balaban J connectivity index is 1.67. The molecule has 69 heavy (non-hydrogen) atoms. The molecule has 0 fully saturated rings. The number of aromatic nitrogens is 4. The standard InChI is InChI=1S/C38H45N13O17S/c1-14(35(63)64)26(33(61)46-20(9-25(55)56)30(58)47-21(10-39)32(60)48-22(13-69)37(67)68)49-31(59)19(8-24(53)54)44-23(52)7-6-18(36(65)66)45-29(57)15-2-4-16(5-3-15)41-11-17-12-42-28-27(43-17)34(62)51-38(40)50-28/h2-5,12,18-22,26,41,69H,1,6-11,13,39H2,(H,44,52)(H,45,57)(H,46,61)(H,47,58)(H,48,60)(H,49,59)(H,53,54)(H,55,56)(H,63,64)(H,65,66)(H,67,68)(H3,40,42,50,51,62)/t18-,19-,20-,21-,22-,26-/m0/s1. The Kier molecular flexibility index (Phi) is 20.0. The summed E-state index contributed by atoms with van der Waals surface area (Å²) in [6.45, 7) is 2.58. The summed E-state index contributed by atoms with van der Waals surface area (Å²) >= 11 is 3.79. The van der Waals surface area contributed by atoms with Crippen molar-refractivity contribution in [3.05, 3.63) is 64.2 Å². The maximum atomic E-state index is 13.4. The zero-order chi connectivity index (χ0) is 51.7. The molecule has 30 nitrogen and oxygen atoms in total. The van der Waals surface area contributed by atoms with Gasteiger partial charge in [-0.25, -0.2) is 24.4 Å². The second-order valence-corrected chi connectivity index (χ2v) is 14.7. The van der Waals surface area contributed by atoms with E-state index < -0.39 is 145 Å². The first-order valence-corrected chi connectivity index (χ1v) is 20.4. The minimum absolute atomic E-state index is 0.0191. The molecule has 3 rings (SSSR count). The molecule has 0 spiro atoms. The number of rotatable bonds is 27. The van der Waals surface area contributed by atoms with Crippen LogP contribution in [0.1, 0.15) is 41.7 Å². The third kappa shape index (κ3) is 16.6. The summed E-state index contributed by atoms with van der Waals surface area (Å²) in [5.74, 6) is -16.8. The molecule has 0 unspecified atom stereocenters. The lowest BCUT2D eigenvalue weighted by molar-refractivity contribution is -0.143. The van der Waals surface area contributed by atoms with Crippen molar-refractivity contribution in [1.82, 2.24) is 51.8 Å². The Morgan fingerprint density at radius 2 is 1.26 bits per heavy atom. The van der Waals surface area contributed by atoms with Gasteiger partial charge in [0.1, 0.15) is 36.3 Å². The molecule has 1 aromatic carbocycles. The highest BCUT2D eigenvalue weighted by molar-refractivity contribution is 7.80. The summed E-state index contributed by atoms with van der Waals surface area (Å²) in [5.41, 5.74) is 10.1. The smallest absolute Gasteiger partial charge is 0.333 e. The molecule has 0 aliphatic heterocycles. The fourth-order valence-electron chi connectivity index (χ4n) is 5.69. The van der Waals surface area contributed by atoms with Crippen molar-refractivity contribution in [2.24, 2.45) is 5.73 Å². The number of hydrogen-bond acceptors (Lipinski definition) is 19. The highest BCUT2D eigenvalue weighted by Crippen LogP contribution is 2.13. The van der Waals surface area contributed by atoms with E-state index in [-0.39, 0.29) is 35.0 Å². The molecule has 2 heterocycles. The molecular formula is C38H45N13O17S. The fourth-order valence-corrected chi connectivity index (χ4v) is 5.94. The van der Waals surface area contributed by atoms with Crippen LogP contribution in [0.2, 0.25) is 0 Å². The second kappa shape index (κ2) is 25.2. The summed E-state index contributed by atoms with van der Waals surface area (Å²) < 4.78 is 0. The third-order valence-corrected chi connectivity index (χ3v) is 9.62. The lowest BCUT2D eigenvalue weighted by Gasteiger charge is -2.26. The average Bonchev–Trinajstić information content (AvgIpc) is 3.28. The van der Waals surface area contributed by atoms with Crippen molar-refractivity contribution in [3.8, 4) is 0 Å². The van der Waals surface area contributed by atoms with Gasteiger partial charge in [-0.2, -0.15) is 17.6 Å². The van der Waals surface area contributed by atoms with Crippen molar-refractivity contribution in [1.29, 1.82) is 0 Å². The number of amides is 6. The topological polar surface area (TPSA) is 497 Å². The number of aliphatic carboxylic acids is 5. The number of fused-ring (bicyclic) bond motifs is 1. The van der Waals surface area contributed by atoms with Crippen LogP contribution in [-0.4, -0.2) is 159 Å². The van der Waals surface area contributed by atoms with Crippen molar-refractivity contribution < 1.29 is 78.3 Å². The molecular weight excluding hydrogens is 943 g/mol. The van der Waals surface area contributed by atoms with E-state index >= 15 is 0 Å². The Morgan fingerprint density at radius 3 is 1.81 bits per heavy atom. The van der Waals surface area contributed by atoms with E-state index in [0.717, 1.165) is 0 Å². The zero-order valence-corrected chi connectivity index (χ0v) is 36.5. The van der Waals surface area contributed by atoms with Gasteiger partial charge in [-0.05, 0) is 30.7 Å². The Hall–Kier alpha value is -8.74. The lowest BCUT2D eigenvalue weighted by Crippen LogP contribution is -2.61. The highest BCUT2D eigenvalue weighted by atomic mass is 32.1. The monoisotopic (exact) mass is 987 g/mol. The molecule has 0 aliphatic carbocycles. The first-order chi connectivity index (χ1) is 32.4. The van der Waals surface area contributed by atoms with E-state index in [1.807, 2.05) is 26.6 Å². The van der Waals surface area contributed by atoms with Gasteiger partial charge in [-0.15, -0.1) is 0 Å². The van der Waals surface area contributed by atoms with E-state index in [0.29, 0.717) is 11.4 Å². The quantitative estimate of drug-likeness (QED) is 0.0251. The number of carboxylic acid groups (broad SMARTS) is 5. The first-order valence-electron chi connectivity index (χ1n) is 19.7. The van der Waals surface area contributed by atoms with E-state index in [9.17, 15) is 83.1 Å². The van der Waals surface area contributed by atoms with Crippen LogP contribution in [0.15, 0.2) is 47.4 Å². The molecule has 0 saturated heterocycles. The summed E-state index contributed by atoms with van der Waals surface area (Å²) in [4.78, 5) is 164. The van der Waals surface area contributed by atoms with E-state index in [1.165, 1.54) is 30.5 Å². The predicted molar refractivity (Wildman–Crippen MR) is 236 cm³/mol. The number of carboxylic acids is 5. The van der Waals surface area contributed by atoms with Gasteiger partial charge in [0.05, 0.1) is 36.9 Å². The average molecular weight is 988 g/mol. The summed E-state index contributed by atoms with van der Waals surface area (Å²) in [5, 5.41) is 62.5. The van der Waals surface area contributed by atoms with Crippen LogP contribution < -0.4 is 54.2 Å². The number of thiol groups is 1. The minimum atomic E-state index is -2.39. The molecule has 2 aromatic heterocycles. The van der Waals surface area contributed by atoms with E-state index in [4.69, 9.17) is 11.5 Å². The normalized spacial score (nSPS) is 13.4. The molecule has 3 aromatic rings. The van der Waals surface area contributed by atoms with Crippen molar-refractivity contribution in [2.45, 2.75) is 68.5 Å². The number of carbonyl (C=O) groups excluding carboxylic acids is 6. The van der Waals surface area contributed by atoms with Gasteiger partial charge in [0, 0.05) is 30.0 Å². The number of anilines is 2. The summed E-state index contributed by atoms with van der Waals surface area (Å²) in [6.07, 6.45) is -2.46. The Labute approximate surface area is 391 Å². The van der Waals surface area contributed by atoms with Crippen molar-refractivity contribution in [3.63, 3.8) is 0 Å². The molecule has 17 N–H and O–H groups in total. The van der Waals surface area contributed by atoms with Crippen LogP contribution in [-0.2, 0) is 54.5 Å². The largest absolute Gasteiger partial charge is 0.481 e. The molecule has 6 atom stereocenters. The minimum Gasteiger partial charge on any atom is -0.481 e. The molecule has 0 saturated carbocycles. The Morgan fingerprint density at radius 1 is 0.710 bits per heavy atom. The lowest BCUT2D eigenvalue weighted by atomic mass is 10.0. The highest BCUT2D eigenvalue weighted by Gasteiger charge is 2.36. The maximum absolute atomic E-state index is 13.4. The first kappa shape index (κ1) is 54.6. The number of nitrogens with one attached hydrogen (secondary N) is 8. The maximum Gasteiger partial charge on any atom is 0.333 e. The van der Waals surface area contributed by atoms with Crippen LogP contribution in [0.5, 0.6) is 0 Å². The van der Waals surface area contributed by atoms with Gasteiger partial charge >= 0.3 is 29.8 Å². The van der Waals surface area contributed by atoms with Gasteiger partial charge in [-0.3, -0.25) is 48.1 Å². The van der Waals surface area contributed by atoms with Crippen molar-refractivity contribution >= 4 is 101 Å². The van der Waals surface area contributed by atoms with Gasteiger partial charge in [-0.1, -0.05) is 6.58 Å². The second-order valence-electron chi connectivity index (χ2n) is 14.3. The number of benzene rings is 1. The molecule has 31 heteroatoms. The van der Waals surface area contributed by atoms with Gasteiger partial charge in [0.15, 0.2) is 11.2 Å². The number of hydrogen-bond donors (Lipinski definition) is 16. The van der Waals surface area contributed by atoms with E-state index in [2.05, 4.69) is 49.8 Å². The molecule has 0 aliphatic rings.